The van der Waals surface area contributed by atoms with Crippen molar-refractivity contribution in [2.75, 3.05) is 14.1 Å². The molecule has 10 heavy (non-hydrogen) atoms. The van der Waals surface area contributed by atoms with Crippen LogP contribution in [0.15, 0.2) is 0 Å². The van der Waals surface area contributed by atoms with Crippen LogP contribution >= 0.6 is 0 Å². The molecule has 4 N–H and O–H groups in total. The molecule has 0 amide bonds. The Morgan fingerprint density at radius 2 is 1.30 bits per heavy atom. The zero-order valence-electron chi connectivity index (χ0n) is 7.14. The topological polar surface area (TPSA) is 33.2 Å². The van der Waals surface area contributed by atoms with Crippen LogP contribution in [0.3, 0.4) is 0 Å². The molecule has 0 unspecified atom stereocenters. The third-order valence-corrected chi connectivity index (χ3v) is 2.73. The van der Waals surface area contributed by atoms with E-state index in [0.29, 0.717) is 0 Å². The predicted octanol–water partition coefficient (Wildman–Crippen LogP) is -1.32. The van der Waals surface area contributed by atoms with Gasteiger partial charge in [0.25, 0.3) is 0 Å². The summed E-state index contributed by atoms with van der Waals surface area (Å²) in [6, 6.07) is 1.78. The van der Waals surface area contributed by atoms with Crippen molar-refractivity contribution in [2.45, 2.75) is 37.8 Å². The molecule has 1 rings (SSSR count). The molecule has 0 saturated heterocycles. The lowest BCUT2D eigenvalue weighted by Gasteiger charge is -2.25. The van der Waals surface area contributed by atoms with E-state index in [2.05, 4.69) is 24.7 Å². The number of likely N-dealkylation sites (N-methyl/N-ethyl adjacent to an activating group) is 2. The van der Waals surface area contributed by atoms with Crippen molar-refractivity contribution in [2.24, 2.45) is 0 Å². The summed E-state index contributed by atoms with van der Waals surface area (Å²) in [5, 5.41) is 4.76. The van der Waals surface area contributed by atoms with Crippen LogP contribution < -0.4 is 10.6 Å². The summed E-state index contributed by atoms with van der Waals surface area (Å²) in [5.41, 5.74) is 0. The molecule has 0 spiro atoms. The Kier molecular flexibility index (Phi) is 3.16. The highest BCUT2D eigenvalue weighted by Gasteiger charge is 2.27. The number of rotatable bonds is 2. The van der Waals surface area contributed by atoms with Crippen molar-refractivity contribution in [3.63, 3.8) is 0 Å². The van der Waals surface area contributed by atoms with E-state index in [9.17, 15) is 0 Å². The van der Waals surface area contributed by atoms with Gasteiger partial charge in [-0.05, 0) is 12.8 Å². The van der Waals surface area contributed by atoms with Crippen LogP contribution in [0.2, 0.25) is 0 Å². The van der Waals surface area contributed by atoms with Crippen LogP contribution in [0.1, 0.15) is 25.7 Å². The highest BCUT2D eigenvalue weighted by Crippen LogP contribution is 2.12. The molecule has 0 aromatic carbocycles. The first-order valence-corrected chi connectivity index (χ1v) is 4.47. The van der Waals surface area contributed by atoms with Crippen LogP contribution in [-0.2, 0) is 0 Å². The van der Waals surface area contributed by atoms with E-state index >= 15 is 0 Å². The molecule has 1 aliphatic carbocycles. The first-order chi connectivity index (χ1) is 4.88. The van der Waals surface area contributed by atoms with Crippen molar-refractivity contribution >= 4 is 0 Å². The van der Waals surface area contributed by atoms with E-state index in [1.807, 2.05) is 0 Å². The summed E-state index contributed by atoms with van der Waals surface area (Å²) in [6.07, 6.45) is 5.73. The summed E-state index contributed by atoms with van der Waals surface area (Å²) in [6.45, 7) is 0. The zero-order valence-corrected chi connectivity index (χ0v) is 7.14. The van der Waals surface area contributed by atoms with Gasteiger partial charge in [0.15, 0.2) is 0 Å². The third kappa shape index (κ3) is 1.70. The Bertz CT molecular complexity index is 81.3. The molecule has 0 bridgehead atoms. The van der Waals surface area contributed by atoms with Gasteiger partial charge in [-0.25, -0.2) is 0 Å². The number of nitrogens with two attached hydrogens (primary N) is 2. The molecule has 1 saturated carbocycles. The molecule has 2 nitrogen and oxygen atoms in total. The first-order valence-electron chi connectivity index (χ1n) is 4.47. The smallest absolute Gasteiger partial charge is 0.138 e. The van der Waals surface area contributed by atoms with Crippen molar-refractivity contribution in [3.8, 4) is 0 Å². The zero-order chi connectivity index (χ0) is 7.40. The van der Waals surface area contributed by atoms with E-state index in [0.717, 1.165) is 12.1 Å². The van der Waals surface area contributed by atoms with Gasteiger partial charge in [0, 0.05) is 12.8 Å². The Labute approximate surface area is 63.4 Å². The average Bonchev–Trinajstić information content (AvgIpc) is 2.04. The fraction of sp³-hybridized carbons (Fsp3) is 1.00. The maximum absolute atomic E-state index is 2.38. The molecule has 1 fully saturated rings. The summed E-state index contributed by atoms with van der Waals surface area (Å²) in [7, 11) is 4.40. The molecule has 60 valence electrons. The van der Waals surface area contributed by atoms with E-state index < -0.39 is 0 Å². The molecular weight excluding hydrogens is 124 g/mol. The molecular formula is C8H20N2+2. The molecule has 0 aromatic rings. The summed E-state index contributed by atoms with van der Waals surface area (Å²) in [5.74, 6) is 0. The molecule has 0 radical (unpaired) electrons. The second-order valence-corrected chi connectivity index (χ2v) is 3.28. The van der Waals surface area contributed by atoms with Gasteiger partial charge >= 0.3 is 0 Å². The lowest BCUT2D eigenvalue weighted by molar-refractivity contribution is -0.754. The van der Waals surface area contributed by atoms with Crippen LogP contribution in [0, 0.1) is 0 Å². The Morgan fingerprint density at radius 1 is 0.900 bits per heavy atom. The van der Waals surface area contributed by atoms with Crippen molar-refractivity contribution in [1.82, 2.24) is 0 Å². The third-order valence-electron chi connectivity index (χ3n) is 2.73. The van der Waals surface area contributed by atoms with E-state index in [-0.39, 0.29) is 0 Å². The lowest BCUT2D eigenvalue weighted by Crippen LogP contribution is -3.01. The maximum atomic E-state index is 2.38. The number of hydrogen-bond acceptors (Lipinski definition) is 0. The van der Waals surface area contributed by atoms with Gasteiger partial charge in [-0.1, -0.05) is 0 Å². The predicted molar refractivity (Wildman–Crippen MR) is 41.7 cm³/mol. The largest absolute Gasteiger partial charge is 0.341 e. The van der Waals surface area contributed by atoms with Crippen LogP contribution in [-0.4, -0.2) is 26.2 Å². The van der Waals surface area contributed by atoms with Crippen LogP contribution in [0.4, 0.5) is 0 Å². The van der Waals surface area contributed by atoms with Gasteiger partial charge in [-0.2, -0.15) is 0 Å². The fourth-order valence-corrected chi connectivity index (χ4v) is 2.02. The molecule has 2 atom stereocenters. The average molecular weight is 144 g/mol. The van der Waals surface area contributed by atoms with E-state index in [4.69, 9.17) is 0 Å². The Hall–Kier alpha value is -0.0800. The molecule has 2 heteroatoms. The van der Waals surface area contributed by atoms with Gasteiger partial charge in [0.05, 0.1) is 14.1 Å². The van der Waals surface area contributed by atoms with Crippen molar-refractivity contribution < 1.29 is 10.6 Å². The Morgan fingerprint density at radius 3 is 1.60 bits per heavy atom. The monoisotopic (exact) mass is 144 g/mol. The second kappa shape index (κ2) is 3.94. The maximum Gasteiger partial charge on any atom is 0.138 e. The van der Waals surface area contributed by atoms with Crippen molar-refractivity contribution in [1.29, 1.82) is 0 Å². The van der Waals surface area contributed by atoms with Gasteiger partial charge < -0.3 is 10.6 Å². The second-order valence-electron chi connectivity index (χ2n) is 3.28. The fourth-order valence-electron chi connectivity index (χ4n) is 2.02. The van der Waals surface area contributed by atoms with Gasteiger partial charge in [0.2, 0.25) is 0 Å². The Balaban J connectivity index is 2.34. The highest BCUT2D eigenvalue weighted by atomic mass is 15.0. The minimum Gasteiger partial charge on any atom is -0.341 e. The molecule has 0 aromatic heterocycles. The van der Waals surface area contributed by atoms with Gasteiger partial charge in [-0.3, -0.25) is 0 Å². The number of hydrogen-bond donors (Lipinski definition) is 2. The first kappa shape index (κ1) is 8.02. The van der Waals surface area contributed by atoms with E-state index in [1.54, 1.807) is 0 Å². The normalized spacial score (nSPS) is 34.2. The summed E-state index contributed by atoms with van der Waals surface area (Å²) < 4.78 is 0. The van der Waals surface area contributed by atoms with Gasteiger partial charge in [-0.15, -0.1) is 0 Å². The van der Waals surface area contributed by atoms with Crippen LogP contribution in [0.25, 0.3) is 0 Å². The van der Waals surface area contributed by atoms with Crippen molar-refractivity contribution in [3.05, 3.63) is 0 Å². The minimum absolute atomic E-state index is 0.888. The quantitative estimate of drug-likeness (QED) is 0.482. The number of quaternary nitrogens is 2. The lowest BCUT2D eigenvalue weighted by atomic mass is 9.91. The summed E-state index contributed by atoms with van der Waals surface area (Å²) in [4.78, 5) is 0. The highest BCUT2D eigenvalue weighted by molar-refractivity contribution is 4.71. The standard InChI is InChI=1S/C8H18N2/c1-9-7-5-3-4-6-8(7)10-2/h7-10H,3-6H2,1-2H3/p+2/t7-,8-/m1/s1. The van der Waals surface area contributed by atoms with E-state index in [1.165, 1.54) is 25.7 Å². The molecule has 0 aliphatic heterocycles. The molecule has 0 heterocycles. The minimum atomic E-state index is 0.888. The van der Waals surface area contributed by atoms with Crippen LogP contribution in [0.5, 0.6) is 0 Å². The van der Waals surface area contributed by atoms with Gasteiger partial charge in [0.1, 0.15) is 12.1 Å². The SMILES string of the molecule is C[NH2+][C@@H]1CCCC[C@H]1[NH2+]C. The summed E-state index contributed by atoms with van der Waals surface area (Å²) >= 11 is 0. The molecule has 1 aliphatic rings.